The quantitative estimate of drug-likeness (QED) is 0.837. The van der Waals surface area contributed by atoms with Crippen LogP contribution >= 0.6 is 0 Å². The smallest absolute Gasteiger partial charge is 0.116 e. The van der Waals surface area contributed by atoms with Gasteiger partial charge < -0.3 is 10.2 Å². The molecule has 2 N–H and O–H groups in total. The normalized spacial score (nSPS) is 30.0. The highest BCUT2D eigenvalue weighted by Crippen LogP contribution is 2.41. The lowest BCUT2D eigenvalue weighted by atomic mass is 9.76. The Morgan fingerprint density at radius 1 is 1.35 bits per heavy atom. The van der Waals surface area contributed by atoms with Crippen molar-refractivity contribution in [2.45, 2.75) is 31.9 Å². The number of phenolic OH excluding ortho intramolecular Hbond substituents is 1. The van der Waals surface area contributed by atoms with Gasteiger partial charge in [0, 0.05) is 24.2 Å². The summed E-state index contributed by atoms with van der Waals surface area (Å²) in [5.74, 6) is 0.812. The van der Waals surface area contributed by atoms with E-state index in [1.165, 1.54) is 12.0 Å². The monoisotopic (exact) mass is 310 g/mol. The van der Waals surface area contributed by atoms with Crippen LogP contribution in [-0.2, 0) is 0 Å². The SMILES string of the molecule is C/C=C1/CN2CC[C@H]1CC2C(O)c1ccnc2ccc(O)cc12. The van der Waals surface area contributed by atoms with Crippen LogP contribution in [0, 0.1) is 5.92 Å². The average molecular weight is 310 g/mol. The Labute approximate surface area is 136 Å². The number of aromatic hydroxyl groups is 1. The van der Waals surface area contributed by atoms with Crippen molar-refractivity contribution >= 4 is 10.9 Å². The molecule has 3 saturated heterocycles. The molecule has 4 heteroatoms. The van der Waals surface area contributed by atoms with Crippen molar-refractivity contribution in [3.8, 4) is 5.75 Å². The summed E-state index contributed by atoms with van der Waals surface area (Å²) in [7, 11) is 0. The molecule has 1 aromatic carbocycles. The summed E-state index contributed by atoms with van der Waals surface area (Å²) >= 11 is 0. The van der Waals surface area contributed by atoms with Gasteiger partial charge in [-0.05, 0) is 62.1 Å². The molecule has 3 unspecified atom stereocenters. The van der Waals surface area contributed by atoms with Crippen LogP contribution in [0.4, 0.5) is 0 Å². The molecule has 23 heavy (non-hydrogen) atoms. The van der Waals surface area contributed by atoms with E-state index in [2.05, 4.69) is 22.9 Å². The molecule has 3 aliphatic rings. The molecule has 2 aromatic rings. The van der Waals surface area contributed by atoms with Gasteiger partial charge in [-0.1, -0.05) is 11.6 Å². The minimum Gasteiger partial charge on any atom is -0.508 e. The van der Waals surface area contributed by atoms with Crippen molar-refractivity contribution < 1.29 is 10.2 Å². The van der Waals surface area contributed by atoms with Gasteiger partial charge in [-0.15, -0.1) is 0 Å². The summed E-state index contributed by atoms with van der Waals surface area (Å²) in [6.45, 7) is 4.14. The summed E-state index contributed by atoms with van der Waals surface area (Å²) in [4.78, 5) is 6.74. The van der Waals surface area contributed by atoms with Gasteiger partial charge in [-0.2, -0.15) is 0 Å². The third-order valence-corrected chi connectivity index (χ3v) is 5.48. The predicted molar refractivity (Wildman–Crippen MR) is 90.2 cm³/mol. The first-order chi connectivity index (χ1) is 11.2. The maximum absolute atomic E-state index is 11.0. The minimum atomic E-state index is -0.552. The number of aromatic nitrogens is 1. The highest BCUT2D eigenvalue weighted by Gasteiger charge is 2.40. The van der Waals surface area contributed by atoms with Gasteiger partial charge in [0.1, 0.15) is 5.75 Å². The van der Waals surface area contributed by atoms with Crippen molar-refractivity contribution in [3.05, 3.63) is 47.7 Å². The van der Waals surface area contributed by atoms with Gasteiger partial charge in [0.05, 0.1) is 11.6 Å². The molecule has 0 saturated carbocycles. The lowest BCUT2D eigenvalue weighted by Crippen LogP contribution is -2.52. The van der Waals surface area contributed by atoms with Crippen LogP contribution in [0.3, 0.4) is 0 Å². The second kappa shape index (κ2) is 5.62. The van der Waals surface area contributed by atoms with Crippen LogP contribution in [0.15, 0.2) is 42.1 Å². The number of phenols is 1. The second-order valence-electron chi connectivity index (χ2n) is 6.67. The number of hydrogen-bond acceptors (Lipinski definition) is 4. The molecular formula is C19H22N2O2. The topological polar surface area (TPSA) is 56.6 Å². The first-order valence-electron chi connectivity index (χ1n) is 8.32. The first kappa shape index (κ1) is 14.7. The van der Waals surface area contributed by atoms with Gasteiger partial charge in [-0.25, -0.2) is 0 Å². The maximum atomic E-state index is 11.0. The third kappa shape index (κ3) is 2.42. The molecule has 0 spiro atoms. The highest BCUT2D eigenvalue weighted by molar-refractivity contribution is 5.83. The zero-order valence-corrected chi connectivity index (χ0v) is 13.3. The number of pyridine rings is 1. The number of aliphatic hydroxyl groups is 1. The Morgan fingerprint density at radius 2 is 2.22 bits per heavy atom. The second-order valence-corrected chi connectivity index (χ2v) is 6.67. The van der Waals surface area contributed by atoms with E-state index < -0.39 is 6.10 Å². The summed E-state index contributed by atoms with van der Waals surface area (Å²) < 4.78 is 0. The van der Waals surface area contributed by atoms with Crippen LogP contribution in [0.2, 0.25) is 0 Å². The van der Waals surface area contributed by atoms with E-state index >= 15 is 0 Å². The number of allylic oxidation sites excluding steroid dienone is 1. The summed E-state index contributed by atoms with van der Waals surface area (Å²) in [5, 5.41) is 21.7. The maximum Gasteiger partial charge on any atom is 0.116 e. The van der Waals surface area contributed by atoms with Crippen LogP contribution < -0.4 is 0 Å². The van der Waals surface area contributed by atoms with E-state index in [9.17, 15) is 10.2 Å². The Hall–Kier alpha value is -1.91. The zero-order chi connectivity index (χ0) is 16.0. The van der Waals surface area contributed by atoms with Crippen molar-refractivity contribution in [2.75, 3.05) is 13.1 Å². The van der Waals surface area contributed by atoms with E-state index in [0.717, 1.165) is 36.0 Å². The van der Waals surface area contributed by atoms with Gasteiger partial charge in [-0.3, -0.25) is 9.88 Å². The van der Waals surface area contributed by atoms with Crippen LogP contribution in [0.25, 0.3) is 10.9 Å². The van der Waals surface area contributed by atoms with Crippen molar-refractivity contribution in [1.82, 2.24) is 9.88 Å². The molecule has 120 valence electrons. The summed E-state index contributed by atoms with van der Waals surface area (Å²) in [5.41, 5.74) is 3.19. The Kier molecular flexibility index (Phi) is 3.58. The Balaban J connectivity index is 1.70. The van der Waals surface area contributed by atoms with Crippen molar-refractivity contribution in [2.24, 2.45) is 5.92 Å². The van der Waals surface area contributed by atoms with Crippen LogP contribution in [0.5, 0.6) is 5.75 Å². The minimum absolute atomic E-state index is 0.144. The Bertz CT molecular complexity index is 771. The summed E-state index contributed by atoms with van der Waals surface area (Å²) in [6, 6.07) is 7.16. The van der Waals surface area contributed by atoms with Gasteiger partial charge >= 0.3 is 0 Å². The van der Waals surface area contributed by atoms with Crippen LogP contribution in [0.1, 0.15) is 31.4 Å². The van der Waals surface area contributed by atoms with E-state index in [1.807, 2.05) is 6.07 Å². The molecule has 0 aliphatic carbocycles. The number of aliphatic hydroxyl groups excluding tert-OH is 1. The fourth-order valence-electron chi connectivity index (χ4n) is 4.22. The van der Waals surface area contributed by atoms with Crippen LogP contribution in [-0.4, -0.2) is 39.2 Å². The molecule has 3 aliphatic heterocycles. The third-order valence-electron chi connectivity index (χ3n) is 5.48. The van der Waals surface area contributed by atoms with Gasteiger partial charge in [0.25, 0.3) is 0 Å². The van der Waals surface area contributed by atoms with Crippen molar-refractivity contribution in [1.29, 1.82) is 0 Å². The molecular weight excluding hydrogens is 288 g/mol. The van der Waals surface area contributed by atoms with E-state index in [4.69, 9.17) is 0 Å². The molecule has 1 aromatic heterocycles. The molecule has 0 amide bonds. The molecule has 0 radical (unpaired) electrons. The first-order valence-corrected chi connectivity index (χ1v) is 8.32. The number of piperidine rings is 3. The zero-order valence-electron chi connectivity index (χ0n) is 13.3. The number of rotatable bonds is 2. The lowest BCUT2D eigenvalue weighted by molar-refractivity contribution is -0.00340. The highest BCUT2D eigenvalue weighted by atomic mass is 16.3. The summed E-state index contributed by atoms with van der Waals surface area (Å²) in [6.07, 6.45) is 5.62. The van der Waals surface area contributed by atoms with Gasteiger partial charge in [0.2, 0.25) is 0 Å². The molecule has 4 heterocycles. The fourth-order valence-corrected chi connectivity index (χ4v) is 4.22. The molecule has 2 bridgehead atoms. The Morgan fingerprint density at radius 3 is 2.96 bits per heavy atom. The number of benzene rings is 1. The molecule has 4 atom stereocenters. The molecule has 4 nitrogen and oxygen atoms in total. The lowest BCUT2D eigenvalue weighted by Gasteiger charge is -2.48. The van der Waals surface area contributed by atoms with Crippen molar-refractivity contribution in [3.63, 3.8) is 0 Å². The van der Waals surface area contributed by atoms with E-state index in [-0.39, 0.29) is 11.8 Å². The fraction of sp³-hybridized carbons (Fsp3) is 0.421. The van der Waals surface area contributed by atoms with E-state index in [1.54, 1.807) is 24.4 Å². The molecule has 3 fully saturated rings. The number of nitrogens with zero attached hydrogens (tertiary/aromatic N) is 2. The number of hydrogen-bond donors (Lipinski definition) is 2. The standard InChI is InChI=1S/C19H22N2O2/c1-2-12-11-21-8-6-13(12)9-18(21)19(23)15-5-7-20-17-4-3-14(22)10-16(15)17/h2-5,7,10,13,18-19,22-23H,6,8-9,11H2,1H3/b12-2-/t13-,18?,19?/m0/s1. The average Bonchev–Trinajstić information content (AvgIpc) is 2.60. The van der Waals surface area contributed by atoms with Gasteiger partial charge in [0.15, 0.2) is 0 Å². The molecule has 5 rings (SSSR count). The number of fused-ring (bicyclic) bond motifs is 4. The predicted octanol–water partition coefficient (Wildman–Crippen LogP) is 3.01. The van der Waals surface area contributed by atoms with E-state index in [0.29, 0.717) is 5.92 Å². The largest absolute Gasteiger partial charge is 0.508 e.